The van der Waals surface area contributed by atoms with Gasteiger partial charge in [0.25, 0.3) is 0 Å². The molecular weight excluding hydrogens is 368 g/mol. The van der Waals surface area contributed by atoms with Crippen LogP contribution in [0.1, 0.15) is 6.92 Å². The minimum absolute atomic E-state index is 0.0689. The van der Waals surface area contributed by atoms with Gasteiger partial charge in [-0.3, -0.25) is 4.79 Å². The zero-order valence-corrected chi connectivity index (χ0v) is 15.3. The van der Waals surface area contributed by atoms with Crippen molar-refractivity contribution in [1.82, 2.24) is 4.98 Å². The fourth-order valence-electron chi connectivity index (χ4n) is 1.95. The Bertz CT molecular complexity index is 873. The fourth-order valence-corrected chi connectivity index (χ4v) is 1.95. The van der Waals surface area contributed by atoms with Crippen LogP contribution in [0.25, 0.3) is 0 Å². The summed E-state index contributed by atoms with van der Waals surface area (Å²) in [6.07, 6.45) is -1.77. The lowest BCUT2D eigenvalue weighted by Gasteiger charge is -2.15. The van der Waals surface area contributed by atoms with Crippen molar-refractivity contribution in [2.45, 2.75) is 13.2 Å². The first-order valence-corrected chi connectivity index (χ1v) is 8.11. The van der Waals surface area contributed by atoms with E-state index in [1.807, 2.05) is 0 Å². The number of nitrogens with one attached hydrogen (secondary N) is 1. The number of nitrogens with two attached hydrogens (primary N) is 2. The number of hydrogen-bond acceptors (Lipinski definition) is 10. The summed E-state index contributed by atoms with van der Waals surface area (Å²) in [5.74, 6) is 0.264. The molecule has 0 aliphatic carbocycles. The van der Waals surface area contributed by atoms with Gasteiger partial charge in [-0.05, 0) is 24.3 Å². The van der Waals surface area contributed by atoms with Gasteiger partial charge in [0.05, 0.1) is 13.7 Å². The SMILES string of the molecule is COC(=O)OC(C)Oc1ccccc1N=Nc1ccc(NC(=O)CN)nc1N. The molecule has 0 spiro atoms. The number of aromatic nitrogens is 1. The summed E-state index contributed by atoms with van der Waals surface area (Å²) in [5, 5.41) is 10.6. The van der Waals surface area contributed by atoms with Crippen LogP contribution in [-0.2, 0) is 14.3 Å². The van der Waals surface area contributed by atoms with E-state index >= 15 is 0 Å². The molecule has 148 valence electrons. The lowest BCUT2D eigenvalue weighted by atomic mass is 10.3. The largest absolute Gasteiger partial charge is 0.511 e. The van der Waals surface area contributed by atoms with Crippen LogP contribution in [0.3, 0.4) is 0 Å². The van der Waals surface area contributed by atoms with Crippen LogP contribution in [0.4, 0.5) is 27.8 Å². The predicted octanol–water partition coefficient (Wildman–Crippen LogP) is 2.48. The molecule has 11 heteroatoms. The quantitative estimate of drug-likeness (QED) is 0.370. The molecule has 5 N–H and O–H groups in total. The standard InChI is InChI=1S/C17H20N6O5/c1-10(28-17(25)26-2)27-13-6-4-3-5-11(13)22-23-12-7-8-14(21-16(12)19)20-15(24)9-18/h3-8,10H,9,18H2,1-2H3,(H3,19,20,21,24). The van der Waals surface area contributed by atoms with E-state index in [4.69, 9.17) is 20.9 Å². The summed E-state index contributed by atoms with van der Waals surface area (Å²) in [4.78, 5) is 26.4. The van der Waals surface area contributed by atoms with Gasteiger partial charge < -0.3 is 31.0 Å². The normalized spacial score (nSPS) is 11.7. The van der Waals surface area contributed by atoms with Crippen molar-refractivity contribution in [3.63, 3.8) is 0 Å². The number of carbonyl (C=O) groups excluding carboxylic acids is 2. The van der Waals surface area contributed by atoms with Crippen molar-refractivity contribution >= 4 is 35.1 Å². The van der Waals surface area contributed by atoms with Gasteiger partial charge in [0, 0.05) is 6.92 Å². The lowest BCUT2D eigenvalue weighted by Crippen LogP contribution is -2.22. The van der Waals surface area contributed by atoms with Crippen LogP contribution in [0, 0.1) is 0 Å². The molecule has 1 atom stereocenters. The molecular formula is C17H20N6O5. The number of nitrogen functional groups attached to an aromatic ring is 1. The second-order valence-corrected chi connectivity index (χ2v) is 5.28. The zero-order valence-electron chi connectivity index (χ0n) is 15.3. The molecule has 1 aromatic heterocycles. The first-order valence-electron chi connectivity index (χ1n) is 8.11. The van der Waals surface area contributed by atoms with Gasteiger partial charge in [-0.15, -0.1) is 10.2 Å². The second kappa shape index (κ2) is 9.83. The van der Waals surface area contributed by atoms with Crippen LogP contribution < -0.4 is 21.5 Å². The first-order chi connectivity index (χ1) is 13.4. The highest BCUT2D eigenvalue weighted by Crippen LogP contribution is 2.31. The molecule has 11 nitrogen and oxygen atoms in total. The number of ether oxygens (including phenoxy) is 3. The molecule has 0 bridgehead atoms. The molecule has 0 aliphatic heterocycles. The summed E-state index contributed by atoms with van der Waals surface area (Å²) in [6.45, 7) is 1.36. The Kier molecular flexibility index (Phi) is 7.22. The summed E-state index contributed by atoms with van der Waals surface area (Å²) < 4.78 is 14.8. The van der Waals surface area contributed by atoms with Crippen LogP contribution >= 0.6 is 0 Å². The Labute approximate surface area is 160 Å². The molecule has 0 saturated carbocycles. The average Bonchev–Trinajstić information content (AvgIpc) is 2.68. The monoisotopic (exact) mass is 388 g/mol. The van der Waals surface area contributed by atoms with Crippen molar-refractivity contribution in [2.75, 3.05) is 24.7 Å². The Morgan fingerprint density at radius 2 is 1.89 bits per heavy atom. The van der Waals surface area contributed by atoms with E-state index < -0.39 is 18.4 Å². The van der Waals surface area contributed by atoms with Crippen molar-refractivity contribution in [3.8, 4) is 5.75 Å². The van der Waals surface area contributed by atoms with Crippen LogP contribution in [0.5, 0.6) is 5.75 Å². The fraction of sp³-hybridized carbons (Fsp3) is 0.235. The minimum atomic E-state index is -0.902. The number of para-hydroxylation sites is 1. The predicted molar refractivity (Wildman–Crippen MR) is 101 cm³/mol. The molecule has 1 aromatic carbocycles. The van der Waals surface area contributed by atoms with Gasteiger partial charge in [0.15, 0.2) is 11.6 Å². The number of nitrogens with zero attached hydrogens (tertiary/aromatic N) is 3. The van der Waals surface area contributed by atoms with Gasteiger partial charge >= 0.3 is 6.16 Å². The molecule has 28 heavy (non-hydrogen) atoms. The van der Waals surface area contributed by atoms with Crippen molar-refractivity contribution in [2.24, 2.45) is 16.0 Å². The van der Waals surface area contributed by atoms with E-state index in [0.29, 0.717) is 17.1 Å². The smallest absolute Gasteiger partial charge is 0.453 e. The highest BCUT2D eigenvalue weighted by atomic mass is 16.8. The molecule has 1 heterocycles. The summed E-state index contributed by atoms with van der Waals surface area (Å²) >= 11 is 0. The average molecular weight is 388 g/mol. The number of anilines is 2. The van der Waals surface area contributed by atoms with E-state index in [0.717, 1.165) is 0 Å². The van der Waals surface area contributed by atoms with Crippen molar-refractivity contribution in [3.05, 3.63) is 36.4 Å². The third kappa shape index (κ3) is 5.92. The van der Waals surface area contributed by atoms with Crippen LogP contribution in [0.15, 0.2) is 46.6 Å². The Morgan fingerprint density at radius 3 is 2.57 bits per heavy atom. The van der Waals surface area contributed by atoms with Gasteiger partial charge in [-0.2, -0.15) is 0 Å². The molecule has 2 rings (SSSR count). The van der Waals surface area contributed by atoms with E-state index in [9.17, 15) is 9.59 Å². The van der Waals surface area contributed by atoms with Gasteiger partial charge in [-0.25, -0.2) is 9.78 Å². The number of azo groups is 1. The maximum Gasteiger partial charge on any atom is 0.511 e. The third-order valence-corrected chi connectivity index (χ3v) is 3.21. The Balaban J connectivity index is 2.14. The number of hydrogen-bond donors (Lipinski definition) is 3. The molecule has 2 aromatic rings. The van der Waals surface area contributed by atoms with E-state index in [1.165, 1.54) is 20.1 Å². The second-order valence-electron chi connectivity index (χ2n) is 5.28. The highest BCUT2D eigenvalue weighted by molar-refractivity contribution is 5.91. The molecule has 0 fully saturated rings. The summed E-state index contributed by atoms with van der Waals surface area (Å²) in [5.41, 5.74) is 11.7. The third-order valence-electron chi connectivity index (χ3n) is 3.21. The maximum absolute atomic E-state index is 11.3. The Morgan fingerprint density at radius 1 is 1.18 bits per heavy atom. The van der Waals surface area contributed by atoms with E-state index in [-0.39, 0.29) is 18.2 Å². The van der Waals surface area contributed by atoms with Crippen molar-refractivity contribution < 1.29 is 23.8 Å². The zero-order chi connectivity index (χ0) is 20.5. The summed E-state index contributed by atoms with van der Waals surface area (Å²) in [7, 11) is 1.20. The van der Waals surface area contributed by atoms with Crippen molar-refractivity contribution in [1.29, 1.82) is 0 Å². The topological polar surface area (TPSA) is 164 Å². The number of methoxy groups -OCH3 is 1. The molecule has 0 radical (unpaired) electrons. The minimum Gasteiger partial charge on any atom is -0.453 e. The maximum atomic E-state index is 11.3. The Hall–Kier alpha value is -3.73. The van der Waals surface area contributed by atoms with E-state index in [2.05, 4.69) is 25.3 Å². The number of rotatable bonds is 7. The number of benzene rings is 1. The number of carbonyl (C=O) groups is 2. The van der Waals surface area contributed by atoms with Gasteiger partial charge in [0.2, 0.25) is 12.2 Å². The number of amides is 1. The molecule has 0 aliphatic rings. The first kappa shape index (κ1) is 20.6. The van der Waals surface area contributed by atoms with Gasteiger partial charge in [0.1, 0.15) is 17.2 Å². The molecule has 0 saturated heterocycles. The summed E-state index contributed by atoms with van der Waals surface area (Å²) in [6, 6.07) is 9.82. The van der Waals surface area contributed by atoms with Crippen LogP contribution in [0.2, 0.25) is 0 Å². The lowest BCUT2D eigenvalue weighted by molar-refractivity contribution is -0.114. The highest BCUT2D eigenvalue weighted by Gasteiger charge is 2.13. The van der Waals surface area contributed by atoms with E-state index in [1.54, 1.807) is 30.3 Å². The molecule has 1 unspecified atom stereocenters. The molecule has 1 amide bonds. The van der Waals surface area contributed by atoms with Crippen LogP contribution in [-0.4, -0.2) is 37.0 Å². The van der Waals surface area contributed by atoms with Gasteiger partial charge in [-0.1, -0.05) is 12.1 Å². The number of pyridine rings is 1.